The molecule has 1 atom stereocenters. The monoisotopic (exact) mass is 322 g/mol. The van der Waals surface area contributed by atoms with Gasteiger partial charge in [0, 0.05) is 23.6 Å². The molecule has 2 aromatic rings. The Balaban J connectivity index is 1.93. The van der Waals surface area contributed by atoms with E-state index in [4.69, 9.17) is 4.52 Å². The molecule has 0 bridgehead atoms. The number of Topliss-reactive ketones (excluding diaryl/α,β-unsaturated/α-hetero) is 1. The number of aromatic nitrogens is 1. The molecular formula is C20H22N2O2. The fourth-order valence-corrected chi connectivity index (χ4v) is 3.96. The number of nitrogens with one attached hydrogen (secondary N) is 1. The summed E-state index contributed by atoms with van der Waals surface area (Å²) in [7, 11) is 0. The molecule has 0 saturated carbocycles. The fraction of sp³-hybridized carbons (Fsp3) is 0.400. The third kappa shape index (κ3) is 2.29. The highest BCUT2D eigenvalue weighted by atomic mass is 16.5. The van der Waals surface area contributed by atoms with Gasteiger partial charge in [-0.15, -0.1) is 0 Å². The fourth-order valence-electron chi connectivity index (χ4n) is 3.96. The van der Waals surface area contributed by atoms with E-state index in [0.29, 0.717) is 12.3 Å². The molecule has 4 heteroatoms. The minimum atomic E-state index is -0.0910. The van der Waals surface area contributed by atoms with Crippen LogP contribution >= 0.6 is 0 Å². The van der Waals surface area contributed by atoms with Crippen molar-refractivity contribution in [3.8, 4) is 0 Å². The van der Waals surface area contributed by atoms with Gasteiger partial charge >= 0.3 is 0 Å². The number of nitrogens with zero attached hydrogens (tertiary/aromatic N) is 1. The van der Waals surface area contributed by atoms with E-state index in [-0.39, 0.29) is 17.1 Å². The van der Waals surface area contributed by atoms with Gasteiger partial charge in [0.15, 0.2) is 5.78 Å². The Morgan fingerprint density at radius 1 is 1.17 bits per heavy atom. The van der Waals surface area contributed by atoms with Crippen molar-refractivity contribution in [2.24, 2.45) is 5.41 Å². The van der Waals surface area contributed by atoms with Gasteiger partial charge in [0.05, 0.1) is 11.3 Å². The summed E-state index contributed by atoms with van der Waals surface area (Å²) in [4.78, 5) is 13.0. The van der Waals surface area contributed by atoms with Crippen molar-refractivity contribution in [3.05, 3.63) is 57.9 Å². The predicted molar refractivity (Wildman–Crippen MR) is 92.9 cm³/mol. The number of ketones is 1. The topological polar surface area (TPSA) is 55.1 Å². The molecule has 0 spiro atoms. The maximum Gasteiger partial charge on any atom is 0.233 e. The van der Waals surface area contributed by atoms with Crippen LogP contribution in [0.15, 0.2) is 40.1 Å². The first-order valence-electron chi connectivity index (χ1n) is 8.42. The van der Waals surface area contributed by atoms with Gasteiger partial charge in [-0.3, -0.25) is 4.79 Å². The van der Waals surface area contributed by atoms with Crippen LogP contribution in [0.4, 0.5) is 5.88 Å². The standard InChI is InChI=1S/C20H22N2O2/c1-11-5-7-13(8-6-11)17-16-12(2)22-24-19(16)21-14-9-20(3,4)10-15(23)18(14)17/h5-8,17,21H,9-10H2,1-4H3/t17-/m0/s1. The van der Waals surface area contributed by atoms with Gasteiger partial charge in [0.25, 0.3) is 0 Å². The molecular weight excluding hydrogens is 300 g/mol. The van der Waals surface area contributed by atoms with E-state index >= 15 is 0 Å². The smallest absolute Gasteiger partial charge is 0.233 e. The number of anilines is 1. The molecule has 1 aliphatic carbocycles. The predicted octanol–water partition coefficient (Wildman–Crippen LogP) is 4.49. The molecule has 4 rings (SSSR count). The largest absolute Gasteiger partial charge is 0.338 e. The Bertz CT molecular complexity index is 856. The van der Waals surface area contributed by atoms with Gasteiger partial charge < -0.3 is 9.84 Å². The summed E-state index contributed by atoms with van der Waals surface area (Å²) in [5, 5.41) is 7.48. The van der Waals surface area contributed by atoms with Gasteiger partial charge in [-0.05, 0) is 31.2 Å². The van der Waals surface area contributed by atoms with E-state index in [1.165, 1.54) is 5.56 Å². The molecule has 124 valence electrons. The van der Waals surface area contributed by atoms with Crippen molar-refractivity contribution in [2.75, 3.05) is 5.32 Å². The molecule has 0 amide bonds. The van der Waals surface area contributed by atoms with Crippen LogP contribution in [-0.4, -0.2) is 10.9 Å². The van der Waals surface area contributed by atoms with E-state index in [1.807, 2.05) is 6.92 Å². The van der Waals surface area contributed by atoms with Crippen LogP contribution in [0.3, 0.4) is 0 Å². The lowest BCUT2D eigenvalue weighted by Gasteiger charge is -2.37. The van der Waals surface area contributed by atoms with Crippen molar-refractivity contribution >= 4 is 11.7 Å². The van der Waals surface area contributed by atoms with Crippen molar-refractivity contribution in [1.29, 1.82) is 0 Å². The average Bonchev–Trinajstić information content (AvgIpc) is 2.86. The van der Waals surface area contributed by atoms with Crippen molar-refractivity contribution in [2.45, 2.75) is 46.5 Å². The molecule has 4 nitrogen and oxygen atoms in total. The number of hydrogen-bond donors (Lipinski definition) is 1. The highest BCUT2D eigenvalue weighted by Gasteiger charge is 2.42. The lowest BCUT2D eigenvalue weighted by molar-refractivity contribution is -0.118. The number of rotatable bonds is 1. The Morgan fingerprint density at radius 2 is 1.88 bits per heavy atom. The zero-order chi connectivity index (χ0) is 17.1. The third-order valence-electron chi connectivity index (χ3n) is 5.08. The number of carbonyl (C=O) groups excluding carboxylic acids is 1. The summed E-state index contributed by atoms with van der Waals surface area (Å²) in [5.74, 6) is 0.819. The number of fused-ring (bicyclic) bond motifs is 1. The summed E-state index contributed by atoms with van der Waals surface area (Å²) in [6.45, 7) is 8.28. The highest BCUT2D eigenvalue weighted by molar-refractivity contribution is 6.01. The average molecular weight is 322 g/mol. The van der Waals surface area contributed by atoms with E-state index < -0.39 is 0 Å². The normalized spacial score (nSPS) is 22.0. The van der Waals surface area contributed by atoms with Crippen molar-refractivity contribution in [3.63, 3.8) is 0 Å². The van der Waals surface area contributed by atoms with Crippen molar-refractivity contribution in [1.82, 2.24) is 5.16 Å². The number of allylic oxidation sites excluding steroid dienone is 2. The first kappa shape index (κ1) is 15.2. The lowest BCUT2D eigenvalue weighted by atomic mass is 9.69. The summed E-state index contributed by atoms with van der Waals surface area (Å²) in [6.07, 6.45) is 1.42. The zero-order valence-corrected chi connectivity index (χ0v) is 14.6. The summed E-state index contributed by atoms with van der Waals surface area (Å²) in [5.41, 5.74) is 6.00. The SMILES string of the molecule is Cc1ccc([C@@H]2C3=C(CC(C)(C)CC3=O)Nc3onc(C)c32)cc1. The minimum Gasteiger partial charge on any atom is -0.338 e. The van der Waals surface area contributed by atoms with E-state index in [2.05, 4.69) is 55.5 Å². The van der Waals surface area contributed by atoms with Crippen LogP contribution < -0.4 is 5.32 Å². The zero-order valence-electron chi connectivity index (χ0n) is 14.6. The van der Waals surface area contributed by atoms with Crippen LogP contribution in [0.25, 0.3) is 0 Å². The first-order chi connectivity index (χ1) is 11.4. The van der Waals surface area contributed by atoms with Crippen LogP contribution in [0.5, 0.6) is 0 Å². The number of carbonyl (C=O) groups is 1. The summed E-state index contributed by atoms with van der Waals surface area (Å²) >= 11 is 0. The van der Waals surface area contributed by atoms with Gasteiger partial charge in [-0.2, -0.15) is 0 Å². The van der Waals surface area contributed by atoms with Crippen LogP contribution in [0, 0.1) is 19.3 Å². The second kappa shape index (κ2) is 5.07. The number of aryl methyl sites for hydroxylation is 2. The number of benzene rings is 1. The maximum absolute atomic E-state index is 13.0. The Kier molecular flexibility index (Phi) is 3.21. The van der Waals surface area contributed by atoms with Gasteiger partial charge in [-0.1, -0.05) is 48.8 Å². The summed E-state index contributed by atoms with van der Waals surface area (Å²) in [6, 6.07) is 8.41. The molecule has 0 radical (unpaired) electrons. The Morgan fingerprint density at radius 3 is 2.58 bits per heavy atom. The molecule has 0 fully saturated rings. The van der Waals surface area contributed by atoms with E-state index in [1.54, 1.807) is 0 Å². The molecule has 0 saturated heterocycles. The molecule has 1 aromatic carbocycles. The lowest BCUT2D eigenvalue weighted by Crippen LogP contribution is -2.33. The second-order valence-electron chi connectivity index (χ2n) is 7.81. The molecule has 0 unspecified atom stereocenters. The molecule has 1 aliphatic heterocycles. The maximum atomic E-state index is 13.0. The van der Waals surface area contributed by atoms with E-state index in [9.17, 15) is 4.79 Å². The molecule has 1 aromatic heterocycles. The van der Waals surface area contributed by atoms with Crippen LogP contribution in [0.1, 0.15) is 55.0 Å². The highest BCUT2D eigenvalue weighted by Crippen LogP contribution is 2.49. The quantitative estimate of drug-likeness (QED) is 0.840. The van der Waals surface area contributed by atoms with E-state index in [0.717, 1.165) is 34.5 Å². The second-order valence-corrected chi connectivity index (χ2v) is 7.81. The number of hydrogen-bond acceptors (Lipinski definition) is 4. The van der Waals surface area contributed by atoms with Crippen LogP contribution in [-0.2, 0) is 4.79 Å². The molecule has 1 N–H and O–H groups in total. The van der Waals surface area contributed by atoms with Gasteiger partial charge in [0.2, 0.25) is 5.88 Å². The minimum absolute atomic E-state index is 0.0344. The van der Waals surface area contributed by atoms with Crippen molar-refractivity contribution < 1.29 is 9.32 Å². The Hall–Kier alpha value is -2.36. The first-order valence-corrected chi connectivity index (χ1v) is 8.42. The Labute approximate surface area is 141 Å². The van der Waals surface area contributed by atoms with Gasteiger partial charge in [0.1, 0.15) is 0 Å². The molecule has 24 heavy (non-hydrogen) atoms. The van der Waals surface area contributed by atoms with Gasteiger partial charge in [-0.25, -0.2) is 0 Å². The molecule has 2 heterocycles. The summed E-state index contributed by atoms with van der Waals surface area (Å²) < 4.78 is 5.51. The van der Waals surface area contributed by atoms with Crippen LogP contribution in [0.2, 0.25) is 0 Å². The molecule has 2 aliphatic rings. The third-order valence-corrected chi connectivity index (χ3v) is 5.08.